The quantitative estimate of drug-likeness (QED) is 0.583. The van der Waals surface area contributed by atoms with Gasteiger partial charge in [-0.3, -0.25) is 14.7 Å². The summed E-state index contributed by atoms with van der Waals surface area (Å²) in [6, 6.07) is 4.28. The molecule has 2 saturated heterocycles. The largest absolute Gasteiger partial charge is 0.357 e. The first-order valence-electron chi connectivity index (χ1n) is 10.7. The van der Waals surface area contributed by atoms with Gasteiger partial charge in [0.25, 0.3) is 0 Å². The first-order valence-corrected chi connectivity index (χ1v) is 11.6. The van der Waals surface area contributed by atoms with E-state index in [0.717, 1.165) is 71.2 Å². The monoisotopic (exact) mass is 405 g/mol. The Bertz CT molecular complexity index is 633. The highest BCUT2D eigenvalue weighted by Crippen LogP contribution is 2.21. The van der Waals surface area contributed by atoms with Gasteiger partial charge in [-0.2, -0.15) is 0 Å². The van der Waals surface area contributed by atoms with Gasteiger partial charge in [-0.25, -0.2) is 0 Å². The highest BCUT2D eigenvalue weighted by atomic mass is 32.1. The molecular formula is C21H35N5OS. The van der Waals surface area contributed by atoms with E-state index in [1.54, 1.807) is 11.3 Å². The number of nitrogens with one attached hydrogen (secondary N) is 1. The van der Waals surface area contributed by atoms with E-state index in [2.05, 4.69) is 53.4 Å². The van der Waals surface area contributed by atoms with Crippen LogP contribution in [0.4, 0.5) is 0 Å². The first-order chi connectivity index (χ1) is 13.6. The molecule has 28 heavy (non-hydrogen) atoms. The Labute approximate surface area is 173 Å². The topological polar surface area (TPSA) is 51.2 Å². The van der Waals surface area contributed by atoms with Gasteiger partial charge in [-0.1, -0.05) is 13.0 Å². The van der Waals surface area contributed by atoms with Crippen molar-refractivity contribution in [2.75, 3.05) is 52.4 Å². The first kappa shape index (κ1) is 21.1. The fraction of sp³-hybridized carbons (Fsp3) is 0.714. The van der Waals surface area contributed by atoms with E-state index in [0.29, 0.717) is 11.8 Å². The number of piperazine rings is 1. The lowest BCUT2D eigenvalue weighted by Gasteiger charge is -2.39. The second-order valence-corrected chi connectivity index (χ2v) is 8.82. The fourth-order valence-electron chi connectivity index (χ4n) is 3.99. The van der Waals surface area contributed by atoms with Crippen molar-refractivity contribution >= 4 is 23.2 Å². The van der Waals surface area contributed by atoms with Crippen LogP contribution < -0.4 is 5.32 Å². The molecular weight excluding hydrogens is 370 g/mol. The van der Waals surface area contributed by atoms with E-state index in [4.69, 9.17) is 4.99 Å². The van der Waals surface area contributed by atoms with Crippen LogP contribution in [0.5, 0.6) is 0 Å². The van der Waals surface area contributed by atoms with Crippen molar-refractivity contribution in [1.82, 2.24) is 20.0 Å². The number of hydrogen-bond donors (Lipinski definition) is 1. The number of thiophene rings is 1. The summed E-state index contributed by atoms with van der Waals surface area (Å²) in [7, 11) is 0. The summed E-state index contributed by atoms with van der Waals surface area (Å²) in [5.41, 5.74) is 0. The third kappa shape index (κ3) is 5.26. The zero-order valence-electron chi connectivity index (χ0n) is 17.6. The standard InChI is InChI=1S/C21H35N5OS/c1-4-22-21(23-16-17(2)19-8-7-15-28-19)26-13-11-24(12-14-26)18(3)20(27)25-9-5-6-10-25/h7-8,15,17-18H,4-6,9-14,16H2,1-3H3,(H,22,23). The highest BCUT2D eigenvalue weighted by molar-refractivity contribution is 7.10. The predicted octanol–water partition coefficient (Wildman–Crippen LogP) is 2.45. The predicted molar refractivity (Wildman–Crippen MR) is 117 cm³/mol. The van der Waals surface area contributed by atoms with Gasteiger partial charge >= 0.3 is 0 Å². The highest BCUT2D eigenvalue weighted by Gasteiger charge is 2.30. The van der Waals surface area contributed by atoms with E-state index >= 15 is 0 Å². The minimum Gasteiger partial charge on any atom is -0.357 e. The zero-order valence-corrected chi connectivity index (χ0v) is 18.4. The van der Waals surface area contributed by atoms with Crippen molar-refractivity contribution < 1.29 is 4.79 Å². The Balaban J connectivity index is 1.53. The molecule has 7 heteroatoms. The number of aliphatic imine (C=N–C) groups is 1. The number of nitrogens with zero attached hydrogens (tertiary/aromatic N) is 4. The van der Waals surface area contributed by atoms with E-state index < -0.39 is 0 Å². The van der Waals surface area contributed by atoms with Crippen molar-refractivity contribution in [1.29, 1.82) is 0 Å². The molecule has 2 aliphatic rings. The molecule has 1 aromatic rings. The smallest absolute Gasteiger partial charge is 0.239 e. The van der Waals surface area contributed by atoms with Crippen LogP contribution in [-0.2, 0) is 4.79 Å². The van der Waals surface area contributed by atoms with Crippen LogP contribution in [0.15, 0.2) is 22.5 Å². The summed E-state index contributed by atoms with van der Waals surface area (Å²) in [6.07, 6.45) is 2.30. The lowest BCUT2D eigenvalue weighted by atomic mass is 10.1. The minimum atomic E-state index is -0.0152. The lowest BCUT2D eigenvalue weighted by molar-refractivity contribution is -0.135. The minimum absolute atomic E-state index is 0.0152. The molecule has 2 aliphatic heterocycles. The SMILES string of the molecule is CCNC(=NCC(C)c1cccs1)N1CCN(C(C)C(=O)N2CCCC2)CC1. The maximum absolute atomic E-state index is 12.7. The van der Waals surface area contributed by atoms with Crippen LogP contribution in [-0.4, -0.2) is 85.0 Å². The van der Waals surface area contributed by atoms with Gasteiger partial charge in [0.2, 0.25) is 5.91 Å². The number of guanidine groups is 1. The van der Waals surface area contributed by atoms with Crippen LogP contribution >= 0.6 is 11.3 Å². The number of carbonyl (C=O) groups excluding carboxylic acids is 1. The number of amides is 1. The van der Waals surface area contributed by atoms with Crippen molar-refractivity contribution in [3.8, 4) is 0 Å². The van der Waals surface area contributed by atoms with Crippen LogP contribution in [0, 0.1) is 0 Å². The number of carbonyl (C=O) groups is 1. The molecule has 1 aromatic heterocycles. The zero-order chi connectivity index (χ0) is 19.9. The maximum Gasteiger partial charge on any atom is 0.239 e. The molecule has 3 rings (SSSR count). The van der Waals surface area contributed by atoms with Crippen molar-refractivity contribution in [2.45, 2.75) is 45.6 Å². The summed E-state index contributed by atoms with van der Waals surface area (Å²) in [6.45, 7) is 13.6. The maximum atomic E-state index is 12.7. The molecule has 0 spiro atoms. The van der Waals surface area contributed by atoms with Gasteiger partial charge in [0.15, 0.2) is 5.96 Å². The number of hydrogen-bond acceptors (Lipinski definition) is 4. The van der Waals surface area contributed by atoms with E-state index in [-0.39, 0.29) is 6.04 Å². The van der Waals surface area contributed by atoms with Gasteiger partial charge in [-0.15, -0.1) is 11.3 Å². The van der Waals surface area contributed by atoms with Crippen molar-refractivity contribution in [3.05, 3.63) is 22.4 Å². The fourth-order valence-corrected chi connectivity index (χ4v) is 4.77. The molecule has 2 fully saturated rings. The Kier molecular flexibility index (Phi) is 7.73. The van der Waals surface area contributed by atoms with Crippen molar-refractivity contribution in [2.24, 2.45) is 4.99 Å². The second kappa shape index (κ2) is 10.3. The summed E-state index contributed by atoms with van der Waals surface area (Å²) in [5, 5.41) is 5.58. The molecule has 156 valence electrons. The lowest BCUT2D eigenvalue weighted by Crippen LogP contribution is -2.57. The van der Waals surface area contributed by atoms with Crippen LogP contribution in [0.1, 0.15) is 44.4 Å². The average molecular weight is 406 g/mol. The molecule has 0 bridgehead atoms. The second-order valence-electron chi connectivity index (χ2n) is 7.84. The molecule has 3 heterocycles. The van der Waals surface area contributed by atoms with Gasteiger partial charge < -0.3 is 15.1 Å². The third-order valence-corrected chi connectivity index (χ3v) is 6.92. The molecule has 0 saturated carbocycles. The Hall–Kier alpha value is -1.60. The number of rotatable bonds is 6. The molecule has 1 amide bonds. The molecule has 0 aromatic carbocycles. The van der Waals surface area contributed by atoms with Crippen molar-refractivity contribution in [3.63, 3.8) is 0 Å². The van der Waals surface area contributed by atoms with Crippen LogP contribution in [0.2, 0.25) is 0 Å². The summed E-state index contributed by atoms with van der Waals surface area (Å²) in [5.74, 6) is 1.74. The van der Waals surface area contributed by atoms with Crippen LogP contribution in [0.25, 0.3) is 0 Å². The van der Waals surface area contributed by atoms with E-state index in [1.165, 1.54) is 4.88 Å². The van der Waals surface area contributed by atoms with E-state index in [9.17, 15) is 4.79 Å². The molecule has 1 N–H and O–H groups in total. The molecule has 0 radical (unpaired) electrons. The normalized spacial score (nSPS) is 21.0. The molecule has 6 nitrogen and oxygen atoms in total. The number of likely N-dealkylation sites (tertiary alicyclic amines) is 1. The Morgan fingerprint density at radius 1 is 1.14 bits per heavy atom. The van der Waals surface area contributed by atoms with E-state index in [1.807, 2.05) is 4.90 Å². The van der Waals surface area contributed by atoms with Gasteiger partial charge in [0.1, 0.15) is 0 Å². The third-order valence-electron chi connectivity index (χ3n) is 5.82. The summed E-state index contributed by atoms with van der Waals surface area (Å²) in [4.78, 5) is 25.7. The van der Waals surface area contributed by atoms with Gasteiger partial charge in [0, 0.05) is 56.6 Å². The Morgan fingerprint density at radius 3 is 2.46 bits per heavy atom. The summed E-state index contributed by atoms with van der Waals surface area (Å²) >= 11 is 1.80. The molecule has 2 unspecified atom stereocenters. The molecule has 0 aliphatic carbocycles. The Morgan fingerprint density at radius 2 is 1.86 bits per heavy atom. The summed E-state index contributed by atoms with van der Waals surface area (Å²) < 4.78 is 0. The molecule has 2 atom stereocenters. The van der Waals surface area contributed by atoms with Gasteiger partial charge in [0.05, 0.1) is 12.6 Å². The van der Waals surface area contributed by atoms with Crippen LogP contribution in [0.3, 0.4) is 0 Å². The van der Waals surface area contributed by atoms with Gasteiger partial charge in [-0.05, 0) is 38.1 Å². The average Bonchev–Trinajstić information content (AvgIpc) is 3.44.